The van der Waals surface area contributed by atoms with Crippen LogP contribution in [0.25, 0.3) is 17.1 Å². The monoisotopic (exact) mass is 529 g/mol. The lowest BCUT2D eigenvalue weighted by atomic mass is 10.2. The zero-order valence-electron chi connectivity index (χ0n) is 18.9. The molecule has 0 bridgehead atoms. The zero-order valence-corrected chi connectivity index (χ0v) is 20.5. The van der Waals surface area contributed by atoms with Crippen molar-refractivity contribution in [3.8, 4) is 22.8 Å². The van der Waals surface area contributed by atoms with Gasteiger partial charge < -0.3 is 10.1 Å². The van der Waals surface area contributed by atoms with Crippen molar-refractivity contribution >= 4 is 27.7 Å². The number of thioether (sulfide) groups is 1. The van der Waals surface area contributed by atoms with E-state index in [0.717, 1.165) is 16.1 Å². The first-order chi connectivity index (χ1) is 16.4. The van der Waals surface area contributed by atoms with Crippen molar-refractivity contribution in [2.75, 3.05) is 33.5 Å². The molecule has 1 N–H and O–H groups in total. The number of aromatic nitrogens is 3. The molecule has 1 heterocycles. The van der Waals surface area contributed by atoms with Crippen LogP contribution >= 0.6 is 11.8 Å². The standard InChI is InChI=1S/C21H22F3N5O4S2/c1-28(2)35(31,32)17-9-4-6-14(10-17)19-26-27-20(34-12-18(30)25-13-21(22,23)24)29(19)15-7-5-8-16(11-15)33-3/h4-11H,12-13H2,1-3H3,(H,25,30). The SMILES string of the molecule is COc1cccc(-n2c(SCC(=O)NCC(F)(F)F)nnc2-c2cccc(S(=O)(=O)N(C)C)c2)c1. The van der Waals surface area contributed by atoms with Crippen molar-refractivity contribution in [3.63, 3.8) is 0 Å². The minimum absolute atomic E-state index is 0.0425. The van der Waals surface area contributed by atoms with Gasteiger partial charge in [0.15, 0.2) is 11.0 Å². The van der Waals surface area contributed by atoms with Crippen LogP contribution in [0.1, 0.15) is 0 Å². The average molecular weight is 530 g/mol. The quantitative estimate of drug-likeness (QED) is 0.425. The molecule has 0 aliphatic rings. The third-order valence-corrected chi connectivity index (χ3v) is 7.37. The summed E-state index contributed by atoms with van der Waals surface area (Å²) in [7, 11) is 0.598. The molecule has 2 aromatic carbocycles. The Morgan fingerprint density at radius 2 is 1.86 bits per heavy atom. The topological polar surface area (TPSA) is 106 Å². The van der Waals surface area contributed by atoms with Crippen LogP contribution in [0.2, 0.25) is 0 Å². The number of rotatable bonds is 9. The van der Waals surface area contributed by atoms with Crippen LogP contribution in [-0.4, -0.2) is 73.1 Å². The normalized spacial score (nSPS) is 12.1. The summed E-state index contributed by atoms with van der Waals surface area (Å²) in [5, 5.41) is 10.3. The van der Waals surface area contributed by atoms with Crippen LogP contribution in [0.15, 0.2) is 58.6 Å². The maximum Gasteiger partial charge on any atom is 0.405 e. The summed E-state index contributed by atoms with van der Waals surface area (Å²) >= 11 is 0.887. The predicted molar refractivity (Wildman–Crippen MR) is 124 cm³/mol. The van der Waals surface area contributed by atoms with E-state index >= 15 is 0 Å². The van der Waals surface area contributed by atoms with Gasteiger partial charge in [0.05, 0.1) is 23.4 Å². The number of amides is 1. The Morgan fingerprint density at radius 1 is 1.14 bits per heavy atom. The first-order valence-electron chi connectivity index (χ1n) is 10.0. The second kappa shape index (κ2) is 10.7. The lowest BCUT2D eigenvalue weighted by molar-refractivity contribution is -0.136. The molecular weight excluding hydrogens is 507 g/mol. The number of nitrogens with zero attached hydrogens (tertiary/aromatic N) is 4. The number of ether oxygens (including phenoxy) is 1. The van der Waals surface area contributed by atoms with Gasteiger partial charge >= 0.3 is 6.18 Å². The van der Waals surface area contributed by atoms with Gasteiger partial charge in [-0.2, -0.15) is 13.2 Å². The smallest absolute Gasteiger partial charge is 0.405 e. The summed E-state index contributed by atoms with van der Waals surface area (Å²) in [6, 6.07) is 13.0. The van der Waals surface area contributed by atoms with E-state index in [-0.39, 0.29) is 21.6 Å². The molecule has 14 heteroatoms. The summed E-state index contributed by atoms with van der Waals surface area (Å²) in [6.45, 7) is -1.44. The Labute approximate surface area is 204 Å². The number of nitrogens with one attached hydrogen (secondary N) is 1. The number of carbonyl (C=O) groups is 1. The second-order valence-electron chi connectivity index (χ2n) is 7.34. The average Bonchev–Trinajstić information content (AvgIpc) is 3.25. The Hall–Kier alpha value is -3.10. The molecule has 0 aliphatic carbocycles. The molecule has 9 nitrogen and oxygen atoms in total. The number of benzene rings is 2. The lowest BCUT2D eigenvalue weighted by Gasteiger charge is -2.14. The highest BCUT2D eigenvalue weighted by atomic mass is 32.2. The maximum absolute atomic E-state index is 12.6. The molecule has 0 atom stereocenters. The molecule has 3 aromatic rings. The van der Waals surface area contributed by atoms with Gasteiger partial charge in [-0.15, -0.1) is 10.2 Å². The van der Waals surface area contributed by atoms with E-state index in [2.05, 4.69) is 10.2 Å². The molecule has 0 unspecified atom stereocenters. The van der Waals surface area contributed by atoms with Crippen molar-refractivity contribution in [1.82, 2.24) is 24.4 Å². The fourth-order valence-corrected chi connectivity index (χ4v) is 4.65. The van der Waals surface area contributed by atoms with E-state index in [1.54, 1.807) is 41.0 Å². The van der Waals surface area contributed by atoms with E-state index < -0.39 is 28.7 Å². The Morgan fingerprint density at radius 3 is 2.51 bits per heavy atom. The number of hydrogen-bond donors (Lipinski definition) is 1. The highest BCUT2D eigenvalue weighted by Crippen LogP contribution is 2.30. The molecule has 0 fully saturated rings. The minimum Gasteiger partial charge on any atom is -0.497 e. The van der Waals surface area contributed by atoms with E-state index in [4.69, 9.17) is 4.74 Å². The third-order valence-electron chi connectivity index (χ3n) is 4.63. The van der Waals surface area contributed by atoms with E-state index in [1.807, 2.05) is 5.32 Å². The Kier molecular flexibility index (Phi) is 8.07. The number of alkyl halides is 3. The van der Waals surface area contributed by atoms with Gasteiger partial charge in [-0.3, -0.25) is 9.36 Å². The molecule has 1 amide bonds. The van der Waals surface area contributed by atoms with Gasteiger partial charge in [0.1, 0.15) is 12.3 Å². The van der Waals surface area contributed by atoms with Crippen molar-refractivity contribution in [3.05, 3.63) is 48.5 Å². The number of sulfonamides is 1. The number of hydrogen-bond acceptors (Lipinski definition) is 7. The molecule has 1 aromatic heterocycles. The van der Waals surface area contributed by atoms with Crippen molar-refractivity contribution in [2.24, 2.45) is 0 Å². The molecular formula is C21H22F3N5O4S2. The molecule has 0 saturated carbocycles. The van der Waals surface area contributed by atoms with Gasteiger partial charge in [0.25, 0.3) is 0 Å². The van der Waals surface area contributed by atoms with Gasteiger partial charge in [0.2, 0.25) is 15.9 Å². The van der Waals surface area contributed by atoms with Crippen LogP contribution in [0.3, 0.4) is 0 Å². The largest absolute Gasteiger partial charge is 0.497 e. The molecule has 35 heavy (non-hydrogen) atoms. The summed E-state index contributed by atoms with van der Waals surface area (Å²) in [6.07, 6.45) is -4.52. The van der Waals surface area contributed by atoms with Gasteiger partial charge in [-0.25, -0.2) is 12.7 Å². The molecule has 0 spiro atoms. The van der Waals surface area contributed by atoms with E-state index in [9.17, 15) is 26.4 Å². The first kappa shape index (κ1) is 26.5. The second-order valence-corrected chi connectivity index (χ2v) is 10.4. The van der Waals surface area contributed by atoms with Gasteiger partial charge in [-0.05, 0) is 24.3 Å². The van der Waals surface area contributed by atoms with E-state index in [1.165, 1.54) is 33.3 Å². The zero-order chi connectivity index (χ0) is 25.8. The van der Waals surface area contributed by atoms with Crippen LogP contribution in [0, 0.1) is 0 Å². The molecule has 0 radical (unpaired) electrons. The van der Waals surface area contributed by atoms with Crippen LogP contribution in [-0.2, 0) is 14.8 Å². The van der Waals surface area contributed by atoms with Crippen molar-refractivity contribution in [2.45, 2.75) is 16.2 Å². The summed E-state index contributed by atoms with van der Waals surface area (Å²) in [5.74, 6) is -0.377. The molecule has 0 saturated heterocycles. The fourth-order valence-electron chi connectivity index (χ4n) is 2.92. The fraction of sp³-hybridized carbons (Fsp3) is 0.286. The van der Waals surface area contributed by atoms with E-state index in [0.29, 0.717) is 17.0 Å². The predicted octanol–water partition coefficient (Wildman–Crippen LogP) is 2.96. The Balaban J connectivity index is 2.02. The summed E-state index contributed by atoms with van der Waals surface area (Å²) in [5.41, 5.74) is 0.972. The Bertz CT molecular complexity index is 1310. The third kappa shape index (κ3) is 6.52. The summed E-state index contributed by atoms with van der Waals surface area (Å²) in [4.78, 5) is 12.0. The first-order valence-corrected chi connectivity index (χ1v) is 12.4. The summed E-state index contributed by atoms with van der Waals surface area (Å²) < 4.78 is 70.3. The van der Waals surface area contributed by atoms with Crippen LogP contribution < -0.4 is 10.1 Å². The number of carbonyl (C=O) groups excluding carboxylic acids is 1. The minimum atomic E-state index is -4.52. The molecule has 188 valence electrons. The molecule has 3 rings (SSSR count). The highest BCUT2D eigenvalue weighted by Gasteiger charge is 2.28. The number of halogens is 3. The van der Waals surface area contributed by atoms with Crippen molar-refractivity contribution < 1.29 is 31.1 Å². The maximum atomic E-state index is 12.6. The number of methoxy groups -OCH3 is 1. The van der Waals surface area contributed by atoms with Gasteiger partial charge in [0, 0.05) is 25.7 Å². The van der Waals surface area contributed by atoms with Crippen LogP contribution in [0.5, 0.6) is 5.75 Å². The van der Waals surface area contributed by atoms with Crippen molar-refractivity contribution in [1.29, 1.82) is 0 Å². The lowest BCUT2D eigenvalue weighted by Crippen LogP contribution is -2.34. The highest BCUT2D eigenvalue weighted by molar-refractivity contribution is 7.99. The van der Waals surface area contributed by atoms with Crippen LogP contribution in [0.4, 0.5) is 13.2 Å². The van der Waals surface area contributed by atoms with Gasteiger partial charge in [-0.1, -0.05) is 30.0 Å². The molecule has 0 aliphatic heterocycles.